The van der Waals surface area contributed by atoms with Gasteiger partial charge in [0.15, 0.2) is 0 Å². The fourth-order valence-corrected chi connectivity index (χ4v) is 1.48. The maximum absolute atomic E-state index is 4.25. The molecule has 2 aromatic rings. The fraction of sp³-hybridized carbons (Fsp3) is 0. The monoisotopic (exact) mass is 185 g/mol. The first kappa shape index (κ1) is 8.39. The Bertz CT molecular complexity index is 393. The lowest BCUT2D eigenvalue weighted by Gasteiger charge is -2.00. The van der Waals surface area contributed by atoms with Crippen molar-refractivity contribution in [2.24, 2.45) is 0 Å². The number of benzene rings is 2. The molecule has 0 atom stereocenters. The highest BCUT2D eigenvalue weighted by Gasteiger charge is 1.95. The molecule has 0 N–H and O–H groups in total. The Balaban J connectivity index is 2.48. The minimum Gasteiger partial charge on any atom is -0.143 e. The molecule has 2 rings (SSSR count). The lowest BCUT2D eigenvalue weighted by molar-refractivity contribution is 1.45. The van der Waals surface area contributed by atoms with Gasteiger partial charge in [-0.1, -0.05) is 42.5 Å². The Morgan fingerprint density at radius 3 is 2.38 bits per heavy atom. The largest absolute Gasteiger partial charge is 0.143 e. The van der Waals surface area contributed by atoms with Crippen molar-refractivity contribution < 1.29 is 0 Å². The number of rotatable bonds is 1. The van der Waals surface area contributed by atoms with Crippen LogP contribution in [0.4, 0.5) is 0 Å². The van der Waals surface area contributed by atoms with E-state index >= 15 is 0 Å². The summed E-state index contributed by atoms with van der Waals surface area (Å²) in [4.78, 5) is 0.876. The summed E-state index contributed by atoms with van der Waals surface area (Å²) in [7, 11) is 0. The summed E-state index contributed by atoms with van der Waals surface area (Å²) in [5.74, 6) is 0. The van der Waals surface area contributed by atoms with Crippen LogP contribution in [0.3, 0.4) is 0 Å². The van der Waals surface area contributed by atoms with Crippen molar-refractivity contribution in [2.75, 3.05) is 0 Å². The molecule has 1 radical (unpaired) electrons. The van der Waals surface area contributed by atoms with E-state index in [1.54, 1.807) is 0 Å². The molecule has 0 aliphatic carbocycles. The molecule has 0 amide bonds. The van der Waals surface area contributed by atoms with Crippen LogP contribution in [-0.4, -0.2) is 0 Å². The second-order valence-electron chi connectivity index (χ2n) is 2.83. The summed E-state index contributed by atoms with van der Waals surface area (Å²) < 4.78 is 0. The molecule has 0 spiro atoms. The molecule has 0 aliphatic rings. The van der Waals surface area contributed by atoms with E-state index in [4.69, 9.17) is 0 Å². The third kappa shape index (κ3) is 1.93. The average molecular weight is 185 g/mol. The Morgan fingerprint density at radius 1 is 0.923 bits per heavy atom. The van der Waals surface area contributed by atoms with E-state index in [9.17, 15) is 0 Å². The second kappa shape index (κ2) is 3.67. The molecule has 0 saturated heterocycles. The van der Waals surface area contributed by atoms with Crippen LogP contribution in [0.2, 0.25) is 0 Å². The first-order chi connectivity index (χ1) is 6.36. The molecule has 0 saturated carbocycles. The van der Waals surface area contributed by atoms with Gasteiger partial charge in [-0.15, -0.1) is 12.6 Å². The Hall–Kier alpha value is -1.21. The molecule has 0 heterocycles. The molecule has 1 heteroatoms. The highest BCUT2D eigenvalue weighted by molar-refractivity contribution is 7.80. The zero-order chi connectivity index (χ0) is 9.10. The van der Waals surface area contributed by atoms with Gasteiger partial charge in [0.1, 0.15) is 0 Å². The molecule has 2 aromatic carbocycles. The van der Waals surface area contributed by atoms with Crippen molar-refractivity contribution in [3.05, 3.63) is 54.6 Å². The van der Waals surface area contributed by atoms with Crippen LogP contribution in [0.1, 0.15) is 0 Å². The topological polar surface area (TPSA) is 0 Å². The summed E-state index contributed by atoms with van der Waals surface area (Å²) in [6.45, 7) is 0. The maximum Gasteiger partial charge on any atom is 0.0125 e. The Kier molecular flexibility index (Phi) is 2.37. The molecule has 0 nitrogen and oxygen atoms in total. The summed E-state index contributed by atoms with van der Waals surface area (Å²) in [5, 5.41) is 0. The minimum atomic E-state index is 0.876. The molecule has 0 unspecified atom stereocenters. The zero-order valence-corrected chi connectivity index (χ0v) is 7.96. The van der Waals surface area contributed by atoms with Gasteiger partial charge in [0.2, 0.25) is 0 Å². The number of hydrogen-bond acceptors (Lipinski definition) is 1. The van der Waals surface area contributed by atoms with Crippen LogP contribution >= 0.6 is 12.6 Å². The SMILES string of the molecule is Sc1[c]ccc(-c2ccccc2)c1. The predicted molar refractivity (Wildman–Crippen MR) is 58.0 cm³/mol. The summed E-state index contributed by atoms with van der Waals surface area (Å²) >= 11 is 4.25. The predicted octanol–water partition coefficient (Wildman–Crippen LogP) is 3.44. The van der Waals surface area contributed by atoms with Gasteiger partial charge in [0.25, 0.3) is 0 Å². The van der Waals surface area contributed by atoms with Gasteiger partial charge in [-0.05, 0) is 23.3 Å². The van der Waals surface area contributed by atoms with Crippen LogP contribution in [0.5, 0.6) is 0 Å². The quantitative estimate of drug-likeness (QED) is 0.646. The van der Waals surface area contributed by atoms with Crippen LogP contribution in [0.25, 0.3) is 11.1 Å². The maximum atomic E-state index is 4.25. The van der Waals surface area contributed by atoms with Crippen LogP contribution in [-0.2, 0) is 0 Å². The zero-order valence-electron chi connectivity index (χ0n) is 7.07. The Labute approximate surface area is 83.6 Å². The normalized spacial score (nSPS) is 9.92. The Morgan fingerprint density at radius 2 is 1.69 bits per heavy atom. The molecule has 0 aromatic heterocycles. The van der Waals surface area contributed by atoms with Gasteiger partial charge in [-0.2, -0.15) is 0 Å². The van der Waals surface area contributed by atoms with Gasteiger partial charge in [-0.3, -0.25) is 0 Å². The fourth-order valence-electron chi connectivity index (χ4n) is 1.26. The van der Waals surface area contributed by atoms with Crippen molar-refractivity contribution in [2.45, 2.75) is 4.90 Å². The van der Waals surface area contributed by atoms with Gasteiger partial charge < -0.3 is 0 Å². The lowest BCUT2D eigenvalue weighted by atomic mass is 10.1. The van der Waals surface area contributed by atoms with Gasteiger partial charge >= 0.3 is 0 Å². The van der Waals surface area contributed by atoms with Crippen molar-refractivity contribution in [3.63, 3.8) is 0 Å². The van der Waals surface area contributed by atoms with E-state index in [1.807, 2.05) is 36.4 Å². The average Bonchev–Trinajstić information content (AvgIpc) is 2.19. The smallest absolute Gasteiger partial charge is 0.0125 e. The molecule has 13 heavy (non-hydrogen) atoms. The van der Waals surface area contributed by atoms with Crippen molar-refractivity contribution in [1.29, 1.82) is 0 Å². The van der Waals surface area contributed by atoms with E-state index in [-0.39, 0.29) is 0 Å². The van der Waals surface area contributed by atoms with E-state index in [0.717, 1.165) is 4.90 Å². The van der Waals surface area contributed by atoms with Crippen molar-refractivity contribution in [3.8, 4) is 11.1 Å². The third-order valence-electron chi connectivity index (χ3n) is 1.89. The number of hydrogen-bond donors (Lipinski definition) is 1. The molecule has 0 bridgehead atoms. The van der Waals surface area contributed by atoms with E-state index in [0.29, 0.717) is 0 Å². The molecular weight excluding hydrogens is 176 g/mol. The first-order valence-corrected chi connectivity index (χ1v) is 4.57. The highest BCUT2D eigenvalue weighted by Crippen LogP contribution is 2.20. The van der Waals surface area contributed by atoms with Crippen LogP contribution in [0.15, 0.2) is 53.4 Å². The van der Waals surface area contributed by atoms with E-state index in [2.05, 4.69) is 30.8 Å². The van der Waals surface area contributed by atoms with Gasteiger partial charge in [0, 0.05) is 4.90 Å². The van der Waals surface area contributed by atoms with Crippen molar-refractivity contribution >= 4 is 12.6 Å². The molecule has 0 fully saturated rings. The summed E-state index contributed by atoms with van der Waals surface area (Å²) in [6.07, 6.45) is 0. The standard InChI is InChI=1S/C12H9S/c13-12-8-4-7-11(9-12)10-5-2-1-3-6-10/h1-7,9,13H. The lowest BCUT2D eigenvalue weighted by Crippen LogP contribution is -1.76. The first-order valence-electron chi connectivity index (χ1n) is 4.12. The molecule has 63 valence electrons. The second-order valence-corrected chi connectivity index (χ2v) is 3.31. The number of thiol groups is 1. The molecule has 0 aliphatic heterocycles. The van der Waals surface area contributed by atoms with E-state index in [1.165, 1.54) is 11.1 Å². The van der Waals surface area contributed by atoms with Gasteiger partial charge in [0.05, 0.1) is 0 Å². The van der Waals surface area contributed by atoms with Crippen LogP contribution < -0.4 is 0 Å². The molecular formula is C12H9S. The highest BCUT2D eigenvalue weighted by atomic mass is 32.1. The van der Waals surface area contributed by atoms with Crippen LogP contribution in [0, 0.1) is 6.07 Å². The summed E-state index contributed by atoms with van der Waals surface area (Å²) in [6, 6.07) is 19.2. The third-order valence-corrected chi connectivity index (χ3v) is 2.15. The van der Waals surface area contributed by atoms with E-state index < -0.39 is 0 Å². The van der Waals surface area contributed by atoms with Crippen molar-refractivity contribution in [1.82, 2.24) is 0 Å². The summed E-state index contributed by atoms with van der Waals surface area (Å²) in [5.41, 5.74) is 2.40. The van der Waals surface area contributed by atoms with Gasteiger partial charge in [-0.25, -0.2) is 0 Å². The minimum absolute atomic E-state index is 0.876.